The zero-order valence-corrected chi connectivity index (χ0v) is 12.1. The molecule has 0 aliphatic heterocycles. The Morgan fingerprint density at radius 2 is 1.61 bits per heavy atom. The molecule has 0 saturated heterocycles. The van der Waals surface area contributed by atoms with Gasteiger partial charge in [0.25, 0.3) is 0 Å². The molecule has 0 spiro atoms. The lowest BCUT2D eigenvalue weighted by atomic mass is 10.5. The van der Waals surface area contributed by atoms with Gasteiger partial charge in [-0.1, -0.05) is 19.0 Å². The molecular formula is C11H9Br2ClF2N2. The van der Waals surface area contributed by atoms with Crippen molar-refractivity contribution in [2.45, 2.75) is 7.43 Å². The number of rotatable bonds is 0. The Hall–Kier alpha value is -0.590. The molecule has 0 aromatic carbocycles. The molecule has 0 radical (unpaired) electrons. The highest BCUT2D eigenvalue weighted by molar-refractivity contribution is 9.10. The van der Waals surface area contributed by atoms with Gasteiger partial charge in [-0.2, -0.15) is 0 Å². The van der Waals surface area contributed by atoms with E-state index in [1.807, 2.05) is 0 Å². The van der Waals surface area contributed by atoms with Crippen LogP contribution in [0.25, 0.3) is 0 Å². The molecule has 0 fully saturated rings. The van der Waals surface area contributed by atoms with Gasteiger partial charge in [-0.05, 0) is 37.9 Å². The maximum absolute atomic E-state index is 12.4. The Morgan fingerprint density at radius 3 is 2.00 bits per heavy atom. The second-order valence-corrected chi connectivity index (χ2v) is 4.89. The molecule has 18 heavy (non-hydrogen) atoms. The maximum atomic E-state index is 12.4. The van der Waals surface area contributed by atoms with Crippen LogP contribution in [0.15, 0.2) is 39.8 Å². The lowest BCUT2D eigenvalue weighted by Crippen LogP contribution is -1.79. The van der Waals surface area contributed by atoms with Gasteiger partial charge in [0.2, 0.25) is 0 Å². The molecule has 2 aromatic heterocycles. The quantitative estimate of drug-likeness (QED) is 0.601. The molecule has 2 aromatic rings. The number of pyridine rings is 2. The highest BCUT2D eigenvalue weighted by Gasteiger charge is 2.01. The first-order valence-electron chi connectivity index (χ1n) is 4.21. The average Bonchev–Trinajstić information content (AvgIpc) is 2.26. The summed E-state index contributed by atoms with van der Waals surface area (Å²) >= 11 is 11.5. The first-order chi connectivity index (χ1) is 8.00. The van der Waals surface area contributed by atoms with Gasteiger partial charge in [0.15, 0.2) is 5.82 Å². The molecular weight excluding hydrogens is 393 g/mol. The van der Waals surface area contributed by atoms with Crippen LogP contribution in [-0.4, -0.2) is 9.97 Å². The SMILES string of the molecule is C.Fc1cncc(Br)c1.Fc1cncc(Br)c1Cl. The second kappa shape index (κ2) is 8.50. The smallest absolute Gasteiger partial charge is 0.161 e. The Morgan fingerprint density at radius 1 is 1.00 bits per heavy atom. The van der Waals surface area contributed by atoms with Gasteiger partial charge in [-0.25, -0.2) is 8.78 Å². The maximum Gasteiger partial charge on any atom is 0.161 e. The van der Waals surface area contributed by atoms with E-state index >= 15 is 0 Å². The van der Waals surface area contributed by atoms with Crippen LogP contribution in [0.4, 0.5) is 8.78 Å². The van der Waals surface area contributed by atoms with Gasteiger partial charge in [0.05, 0.1) is 21.9 Å². The Balaban J connectivity index is 0.000000306. The van der Waals surface area contributed by atoms with Crippen molar-refractivity contribution in [1.82, 2.24) is 9.97 Å². The third-order valence-electron chi connectivity index (χ3n) is 1.47. The zero-order chi connectivity index (χ0) is 12.8. The molecule has 0 N–H and O–H groups in total. The van der Waals surface area contributed by atoms with Crippen LogP contribution in [-0.2, 0) is 0 Å². The first kappa shape index (κ1) is 17.4. The summed E-state index contributed by atoms with van der Waals surface area (Å²) in [6.45, 7) is 0. The van der Waals surface area contributed by atoms with Crippen molar-refractivity contribution >= 4 is 43.5 Å². The van der Waals surface area contributed by atoms with Crippen molar-refractivity contribution in [3.05, 3.63) is 56.5 Å². The predicted molar refractivity (Wildman–Crippen MR) is 75.5 cm³/mol. The van der Waals surface area contributed by atoms with E-state index in [1.54, 1.807) is 0 Å². The van der Waals surface area contributed by atoms with Crippen molar-refractivity contribution < 1.29 is 8.78 Å². The van der Waals surface area contributed by atoms with Crippen LogP contribution < -0.4 is 0 Å². The van der Waals surface area contributed by atoms with Crippen LogP contribution >= 0.6 is 43.5 Å². The highest BCUT2D eigenvalue weighted by atomic mass is 79.9. The Labute approximate surface area is 126 Å². The number of hydrogen-bond acceptors (Lipinski definition) is 2. The first-order valence-corrected chi connectivity index (χ1v) is 6.17. The van der Waals surface area contributed by atoms with Crippen molar-refractivity contribution in [1.29, 1.82) is 0 Å². The molecule has 2 rings (SSSR count). The molecule has 0 unspecified atom stereocenters. The van der Waals surface area contributed by atoms with Gasteiger partial charge in [-0.15, -0.1) is 0 Å². The normalized spacial score (nSPS) is 8.94. The molecule has 0 bridgehead atoms. The summed E-state index contributed by atoms with van der Waals surface area (Å²) in [6, 6.07) is 1.35. The van der Waals surface area contributed by atoms with Gasteiger partial charge >= 0.3 is 0 Å². The topological polar surface area (TPSA) is 25.8 Å². The van der Waals surface area contributed by atoms with E-state index in [4.69, 9.17) is 11.6 Å². The van der Waals surface area contributed by atoms with E-state index < -0.39 is 5.82 Å². The highest BCUT2D eigenvalue weighted by Crippen LogP contribution is 2.22. The van der Waals surface area contributed by atoms with E-state index in [1.165, 1.54) is 18.5 Å². The summed E-state index contributed by atoms with van der Waals surface area (Å²) in [7, 11) is 0. The molecule has 0 aliphatic carbocycles. The lowest BCUT2D eigenvalue weighted by molar-refractivity contribution is 0.620. The van der Waals surface area contributed by atoms with Crippen LogP contribution in [0, 0.1) is 11.6 Å². The molecule has 2 heterocycles. The van der Waals surface area contributed by atoms with Crippen molar-refractivity contribution in [2.24, 2.45) is 0 Å². The fourth-order valence-electron chi connectivity index (χ4n) is 0.782. The van der Waals surface area contributed by atoms with Gasteiger partial charge < -0.3 is 0 Å². The third-order valence-corrected chi connectivity index (χ3v) is 3.11. The number of aromatic nitrogens is 2. The van der Waals surface area contributed by atoms with Crippen molar-refractivity contribution in [3.8, 4) is 0 Å². The summed E-state index contributed by atoms with van der Waals surface area (Å²) in [5.74, 6) is -0.828. The number of hydrogen-bond donors (Lipinski definition) is 0. The Kier molecular flexibility index (Phi) is 8.22. The second-order valence-electron chi connectivity index (χ2n) is 2.74. The molecule has 0 atom stereocenters. The monoisotopic (exact) mass is 400 g/mol. The van der Waals surface area contributed by atoms with E-state index in [0.717, 1.165) is 12.4 Å². The van der Waals surface area contributed by atoms with E-state index in [-0.39, 0.29) is 18.3 Å². The molecule has 7 heteroatoms. The minimum atomic E-state index is -0.508. The minimum Gasteiger partial charge on any atom is -0.260 e. The zero-order valence-electron chi connectivity index (χ0n) is 8.17. The van der Waals surface area contributed by atoms with Gasteiger partial charge in [0.1, 0.15) is 5.82 Å². The fourth-order valence-corrected chi connectivity index (χ4v) is 1.52. The minimum absolute atomic E-state index is 0. The van der Waals surface area contributed by atoms with Crippen molar-refractivity contribution in [3.63, 3.8) is 0 Å². The lowest BCUT2D eigenvalue weighted by Gasteiger charge is -1.92. The van der Waals surface area contributed by atoms with E-state index in [0.29, 0.717) is 8.95 Å². The third kappa shape index (κ3) is 5.84. The standard InChI is InChI=1S/C5H2BrClFN.C5H3BrFN.CH4/c6-3-1-9-2-4(8)5(3)7;6-4-1-5(7)3-8-2-4;/h1-2H;1-3H;1H4. The summed E-state index contributed by atoms with van der Waals surface area (Å²) in [5, 5.41) is 0.0741. The van der Waals surface area contributed by atoms with Gasteiger partial charge in [-0.3, -0.25) is 9.97 Å². The fraction of sp³-hybridized carbons (Fsp3) is 0.0909. The van der Waals surface area contributed by atoms with Crippen LogP contribution in [0.2, 0.25) is 5.02 Å². The summed E-state index contributed by atoms with van der Waals surface area (Å²) in [5.41, 5.74) is 0. The molecule has 2 nitrogen and oxygen atoms in total. The number of nitrogens with zero attached hydrogens (tertiary/aromatic N) is 2. The Bertz CT molecular complexity index is 475. The van der Waals surface area contributed by atoms with Crippen LogP contribution in [0.1, 0.15) is 7.43 Å². The predicted octanol–water partition coefficient (Wildman–Crippen LogP) is 5.26. The van der Waals surface area contributed by atoms with Crippen LogP contribution in [0.3, 0.4) is 0 Å². The molecule has 0 amide bonds. The van der Waals surface area contributed by atoms with Crippen LogP contribution in [0.5, 0.6) is 0 Å². The molecule has 0 saturated carbocycles. The summed E-state index contributed by atoms with van der Waals surface area (Å²) in [6.07, 6.45) is 5.19. The largest absolute Gasteiger partial charge is 0.260 e. The molecule has 98 valence electrons. The average molecular weight is 402 g/mol. The summed E-state index contributed by atoms with van der Waals surface area (Å²) in [4.78, 5) is 7.10. The molecule has 0 aliphatic rings. The van der Waals surface area contributed by atoms with Crippen molar-refractivity contribution in [2.75, 3.05) is 0 Å². The number of halogens is 5. The summed E-state index contributed by atoms with van der Waals surface area (Å²) < 4.78 is 25.6. The van der Waals surface area contributed by atoms with E-state index in [9.17, 15) is 8.78 Å². The van der Waals surface area contributed by atoms with E-state index in [2.05, 4.69) is 41.8 Å². The van der Waals surface area contributed by atoms with Gasteiger partial charge in [0, 0.05) is 16.9 Å².